The molecular formula is C23H31NO7. The van der Waals surface area contributed by atoms with Crippen LogP contribution in [0.25, 0.3) is 0 Å². The fourth-order valence-corrected chi connectivity index (χ4v) is 3.18. The molecule has 0 radical (unpaired) electrons. The molecule has 2 rings (SSSR count). The summed E-state index contributed by atoms with van der Waals surface area (Å²) in [7, 11) is 1.49. The highest BCUT2D eigenvalue weighted by atomic mass is 16.7. The molecule has 1 heterocycles. The summed E-state index contributed by atoms with van der Waals surface area (Å²) in [6.07, 6.45) is 2.42. The quantitative estimate of drug-likeness (QED) is 0.269. The second-order valence-electron chi connectivity index (χ2n) is 8.59. The molecule has 1 aromatic rings. The first-order valence-corrected chi connectivity index (χ1v) is 10.1. The number of carbonyl (C=O) groups is 3. The van der Waals surface area contributed by atoms with Gasteiger partial charge in [0.15, 0.2) is 6.79 Å². The molecule has 31 heavy (non-hydrogen) atoms. The van der Waals surface area contributed by atoms with E-state index in [0.29, 0.717) is 28.9 Å². The van der Waals surface area contributed by atoms with Crippen molar-refractivity contribution in [2.45, 2.75) is 60.1 Å². The zero-order valence-electron chi connectivity index (χ0n) is 19.3. The van der Waals surface area contributed by atoms with Crippen LogP contribution in [-0.4, -0.2) is 48.8 Å². The lowest BCUT2D eigenvalue weighted by molar-refractivity contribution is -0.155. The van der Waals surface area contributed by atoms with E-state index in [0.717, 1.165) is 5.57 Å². The average Bonchev–Trinajstić information content (AvgIpc) is 2.92. The second-order valence-corrected chi connectivity index (χ2v) is 8.59. The number of methoxy groups -OCH3 is 1. The number of amides is 1. The molecule has 170 valence electrons. The SMILES string of the molecule is COCOc1cc2c(c(OC(C)=O)c1CC=C(C)C)CN(CC(=O)OC(C)(C)C)C2=O. The van der Waals surface area contributed by atoms with Gasteiger partial charge >= 0.3 is 11.9 Å². The highest BCUT2D eigenvalue weighted by Gasteiger charge is 2.35. The minimum absolute atomic E-state index is 0.0318. The predicted octanol–water partition coefficient (Wildman–Crippen LogP) is 3.40. The lowest BCUT2D eigenvalue weighted by atomic mass is 9.99. The number of ether oxygens (including phenoxy) is 4. The van der Waals surface area contributed by atoms with Crippen LogP contribution in [0.15, 0.2) is 17.7 Å². The molecule has 8 nitrogen and oxygen atoms in total. The van der Waals surface area contributed by atoms with Crippen molar-refractivity contribution < 1.29 is 33.3 Å². The van der Waals surface area contributed by atoms with Crippen molar-refractivity contribution >= 4 is 17.8 Å². The summed E-state index contributed by atoms with van der Waals surface area (Å²) in [5.41, 5.74) is 1.93. The molecule has 0 bridgehead atoms. The van der Waals surface area contributed by atoms with Gasteiger partial charge in [0, 0.05) is 25.2 Å². The van der Waals surface area contributed by atoms with Crippen molar-refractivity contribution in [3.8, 4) is 11.5 Å². The fourth-order valence-electron chi connectivity index (χ4n) is 3.18. The maximum absolute atomic E-state index is 13.0. The number of esters is 2. The van der Waals surface area contributed by atoms with Crippen molar-refractivity contribution in [2.75, 3.05) is 20.4 Å². The summed E-state index contributed by atoms with van der Waals surface area (Å²) in [5, 5.41) is 0. The van der Waals surface area contributed by atoms with Gasteiger partial charge in [-0.15, -0.1) is 0 Å². The van der Waals surface area contributed by atoms with Crippen LogP contribution in [-0.2, 0) is 32.0 Å². The number of hydrogen-bond acceptors (Lipinski definition) is 7. The Morgan fingerprint density at radius 3 is 2.42 bits per heavy atom. The normalized spacial score (nSPS) is 13.0. The molecule has 0 atom stereocenters. The average molecular weight is 434 g/mol. The van der Waals surface area contributed by atoms with Gasteiger partial charge in [-0.05, 0) is 47.1 Å². The first-order valence-electron chi connectivity index (χ1n) is 10.1. The molecule has 0 N–H and O–H groups in total. The van der Waals surface area contributed by atoms with Gasteiger partial charge in [0.2, 0.25) is 0 Å². The van der Waals surface area contributed by atoms with Gasteiger partial charge in [-0.1, -0.05) is 11.6 Å². The Labute approximate surface area is 183 Å². The number of rotatable bonds is 8. The highest BCUT2D eigenvalue weighted by Crippen LogP contribution is 2.40. The van der Waals surface area contributed by atoms with E-state index in [2.05, 4.69) is 0 Å². The van der Waals surface area contributed by atoms with Crippen molar-refractivity contribution in [3.63, 3.8) is 0 Å². The molecule has 0 aliphatic carbocycles. The molecule has 0 saturated heterocycles. The summed E-state index contributed by atoms with van der Waals surface area (Å²) in [4.78, 5) is 38.5. The van der Waals surface area contributed by atoms with E-state index in [4.69, 9.17) is 18.9 Å². The van der Waals surface area contributed by atoms with E-state index < -0.39 is 17.5 Å². The number of hydrogen-bond donors (Lipinski definition) is 0. The molecule has 0 unspecified atom stereocenters. The van der Waals surface area contributed by atoms with Gasteiger partial charge in [0.05, 0.1) is 12.1 Å². The minimum atomic E-state index is -0.658. The molecule has 0 aromatic heterocycles. The summed E-state index contributed by atoms with van der Waals surface area (Å²) in [6.45, 7) is 10.4. The molecule has 8 heteroatoms. The zero-order valence-corrected chi connectivity index (χ0v) is 19.3. The van der Waals surface area contributed by atoms with Crippen LogP contribution in [0.5, 0.6) is 11.5 Å². The molecule has 1 aliphatic rings. The Morgan fingerprint density at radius 1 is 1.19 bits per heavy atom. The third-order valence-electron chi connectivity index (χ3n) is 4.35. The summed E-state index contributed by atoms with van der Waals surface area (Å²) in [5.74, 6) is -0.702. The van der Waals surface area contributed by atoms with Crippen LogP contribution in [0.2, 0.25) is 0 Å². The molecule has 1 amide bonds. The Balaban J connectivity index is 2.49. The third kappa shape index (κ3) is 6.55. The summed E-state index contributed by atoms with van der Waals surface area (Å²) >= 11 is 0. The standard InChI is InChI=1S/C23H31NO7/c1-14(2)8-9-16-19(29-13-28-7)10-17-18(21(16)30-15(3)25)11-24(22(17)27)12-20(26)31-23(4,5)6/h8,10H,9,11-13H2,1-7H3. The smallest absolute Gasteiger partial charge is 0.326 e. The Bertz CT molecular complexity index is 892. The monoisotopic (exact) mass is 433 g/mol. The molecule has 0 fully saturated rings. The molecule has 1 aliphatic heterocycles. The van der Waals surface area contributed by atoms with Crippen LogP contribution >= 0.6 is 0 Å². The van der Waals surface area contributed by atoms with E-state index in [1.54, 1.807) is 26.8 Å². The molecule has 0 spiro atoms. The molecular weight excluding hydrogens is 402 g/mol. The van der Waals surface area contributed by atoms with Crippen LogP contribution in [0.1, 0.15) is 63.0 Å². The maximum Gasteiger partial charge on any atom is 0.326 e. The Morgan fingerprint density at radius 2 is 1.87 bits per heavy atom. The van der Waals surface area contributed by atoms with E-state index >= 15 is 0 Å². The van der Waals surface area contributed by atoms with Crippen molar-refractivity contribution in [1.29, 1.82) is 0 Å². The van der Waals surface area contributed by atoms with Gasteiger partial charge in [-0.3, -0.25) is 14.4 Å². The van der Waals surface area contributed by atoms with E-state index in [9.17, 15) is 14.4 Å². The Hall–Kier alpha value is -2.87. The number of nitrogens with zero attached hydrogens (tertiary/aromatic N) is 1. The maximum atomic E-state index is 13.0. The van der Waals surface area contributed by atoms with Gasteiger partial charge in [0.25, 0.3) is 5.91 Å². The minimum Gasteiger partial charge on any atom is -0.467 e. The van der Waals surface area contributed by atoms with Crippen LogP contribution in [0.3, 0.4) is 0 Å². The highest BCUT2D eigenvalue weighted by molar-refractivity contribution is 6.01. The van der Waals surface area contributed by atoms with Crippen molar-refractivity contribution in [1.82, 2.24) is 4.90 Å². The topological polar surface area (TPSA) is 91.4 Å². The first-order chi connectivity index (χ1) is 14.4. The third-order valence-corrected chi connectivity index (χ3v) is 4.35. The number of carbonyl (C=O) groups excluding carboxylic acids is 3. The molecule has 1 aromatic carbocycles. The van der Waals surface area contributed by atoms with Gasteiger partial charge in [-0.2, -0.15) is 0 Å². The lowest BCUT2D eigenvalue weighted by Gasteiger charge is -2.22. The van der Waals surface area contributed by atoms with Crippen LogP contribution in [0.4, 0.5) is 0 Å². The number of allylic oxidation sites excluding steroid dienone is 2. The Kier molecular flexibility index (Phi) is 7.84. The summed E-state index contributed by atoms with van der Waals surface area (Å²) < 4.78 is 21.6. The van der Waals surface area contributed by atoms with Crippen molar-refractivity contribution in [2.24, 2.45) is 0 Å². The van der Waals surface area contributed by atoms with Crippen LogP contribution < -0.4 is 9.47 Å². The van der Waals surface area contributed by atoms with Gasteiger partial charge in [0.1, 0.15) is 23.6 Å². The zero-order chi connectivity index (χ0) is 23.3. The molecule has 0 saturated carbocycles. The summed E-state index contributed by atoms with van der Waals surface area (Å²) in [6, 6.07) is 1.62. The van der Waals surface area contributed by atoms with Crippen LogP contribution in [0, 0.1) is 0 Å². The first kappa shape index (κ1) is 24.4. The van der Waals surface area contributed by atoms with Gasteiger partial charge in [-0.25, -0.2) is 0 Å². The predicted molar refractivity (Wildman–Crippen MR) is 114 cm³/mol. The fraction of sp³-hybridized carbons (Fsp3) is 0.522. The van der Waals surface area contributed by atoms with E-state index in [1.165, 1.54) is 18.9 Å². The van der Waals surface area contributed by atoms with Crippen molar-refractivity contribution in [3.05, 3.63) is 34.4 Å². The van der Waals surface area contributed by atoms with E-state index in [1.807, 2.05) is 19.9 Å². The lowest BCUT2D eigenvalue weighted by Crippen LogP contribution is -2.35. The second kappa shape index (κ2) is 9.96. The van der Waals surface area contributed by atoms with E-state index in [-0.39, 0.29) is 31.5 Å². The number of benzene rings is 1. The largest absolute Gasteiger partial charge is 0.467 e. The van der Waals surface area contributed by atoms with Gasteiger partial charge < -0.3 is 23.8 Å². The number of fused-ring (bicyclic) bond motifs is 1.